The van der Waals surface area contributed by atoms with E-state index in [-0.39, 0.29) is 30.4 Å². The molecule has 0 saturated carbocycles. The molecule has 61 valence electrons. The van der Waals surface area contributed by atoms with E-state index < -0.39 is 0 Å². The molecule has 0 heterocycles. The standard InChI is InChI=1S/3BrH.Fe.4H2O/h3*1H;;4*1H2/q;;;+3;;;;/p-3. The Balaban J connectivity index is -0.00000000750. The number of hydrogen-bond donors (Lipinski definition) is 0. The van der Waals surface area contributed by atoms with Gasteiger partial charge in [-0.1, -0.05) is 0 Å². The number of halogens is 3. The molecule has 8 N–H and O–H groups in total. The quantitative estimate of drug-likeness (QED) is 0.499. The van der Waals surface area contributed by atoms with Crippen molar-refractivity contribution in [3.63, 3.8) is 0 Å². The third-order valence-electron chi connectivity index (χ3n) is 0. The predicted octanol–water partition coefficient (Wildman–Crippen LogP) is -0.765. The second kappa shape index (κ2) is 23.2. The molecular formula is H8Br3FeO4. The van der Waals surface area contributed by atoms with Gasteiger partial charge < -0.3 is 21.9 Å². The first kappa shape index (κ1) is 32.9. The zero-order chi connectivity index (χ0) is 3.58. The van der Waals surface area contributed by atoms with Crippen molar-refractivity contribution in [2.45, 2.75) is 0 Å². The van der Waals surface area contributed by atoms with Crippen LogP contribution in [-0.2, 0) is 8.48 Å². The molecule has 0 aliphatic heterocycles. The van der Waals surface area contributed by atoms with Crippen molar-refractivity contribution < 1.29 is 30.4 Å². The molecule has 0 aromatic rings. The van der Waals surface area contributed by atoms with E-state index in [1.54, 1.807) is 0 Å². The van der Waals surface area contributed by atoms with E-state index in [2.05, 4.69) is 42.3 Å². The van der Waals surface area contributed by atoms with Crippen molar-refractivity contribution in [3.8, 4) is 0 Å². The Morgan fingerprint density at radius 2 is 0.625 bits per heavy atom. The van der Waals surface area contributed by atoms with Gasteiger partial charge in [-0.05, 0) is 0 Å². The Morgan fingerprint density at radius 1 is 0.625 bits per heavy atom. The first-order chi connectivity index (χ1) is 1.73. The van der Waals surface area contributed by atoms with E-state index in [1.165, 1.54) is 0 Å². The Labute approximate surface area is 72.2 Å². The average molecular weight is 368 g/mol. The molecule has 0 unspecified atom stereocenters. The van der Waals surface area contributed by atoms with Crippen LogP contribution in [-0.4, -0.2) is 21.9 Å². The Bertz CT molecular complexity index is 16.0. The molecule has 0 amide bonds. The summed E-state index contributed by atoms with van der Waals surface area (Å²) in [5.41, 5.74) is 0. The molecule has 0 bridgehead atoms. The third kappa shape index (κ3) is 111. The Kier molecular flexibility index (Phi) is 95.7. The second-order valence-corrected chi connectivity index (χ2v) is 16.9. The molecular weight excluding hydrogens is 360 g/mol. The van der Waals surface area contributed by atoms with E-state index in [0.29, 0.717) is 0 Å². The predicted molar refractivity (Wildman–Crippen MR) is 41.2 cm³/mol. The van der Waals surface area contributed by atoms with Gasteiger partial charge in [0, 0.05) is 0 Å². The van der Waals surface area contributed by atoms with Crippen LogP contribution in [0.25, 0.3) is 0 Å². The van der Waals surface area contributed by atoms with Crippen LogP contribution in [0.1, 0.15) is 0 Å². The van der Waals surface area contributed by atoms with Gasteiger partial charge in [-0.15, -0.1) is 0 Å². The van der Waals surface area contributed by atoms with Crippen LogP contribution in [0.5, 0.6) is 0 Å². The summed E-state index contributed by atoms with van der Waals surface area (Å²) in [6, 6.07) is 0. The van der Waals surface area contributed by atoms with E-state index in [4.69, 9.17) is 0 Å². The van der Waals surface area contributed by atoms with Gasteiger partial charge in [0.15, 0.2) is 0 Å². The summed E-state index contributed by atoms with van der Waals surface area (Å²) in [4.78, 5) is 0. The molecule has 0 aliphatic rings. The van der Waals surface area contributed by atoms with Crippen LogP contribution in [0.15, 0.2) is 0 Å². The normalized spacial score (nSPS) is 5.62. The molecule has 0 aromatic carbocycles. The van der Waals surface area contributed by atoms with Gasteiger partial charge in [0.05, 0.1) is 0 Å². The van der Waals surface area contributed by atoms with E-state index in [1.807, 2.05) is 0 Å². The summed E-state index contributed by atoms with van der Waals surface area (Å²) >= 11 is 9.56. The first-order valence-corrected chi connectivity index (χ1v) is 8.59. The second-order valence-electron chi connectivity index (χ2n) is 0.152. The van der Waals surface area contributed by atoms with Gasteiger partial charge in [0.2, 0.25) is 0 Å². The summed E-state index contributed by atoms with van der Waals surface area (Å²) in [6.07, 6.45) is 0. The first-order valence-electron chi connectivity index (χ1n) is 0.401. The molecule has 0 aliphatic carbocycles. The van der Waals surface area contributed by atoms with Gasteiger partial charge in [-0.25, -0.2) is 0 Å². The maximum absolute atomic E-state index is 3.19. The molecule has 0 saturated heterocycles. The SMILES string of the molecule is O.O.O.O.[Br][Fe]([Br])[Br]. The summed E-state index contributed by atoms with van der Waals surface area (Å²) in [7, 11) is -0.312. The van der Waals surface area contributed by atoms with E-state index >= 15 is 0 Å². The van der Waals surface area contributed by atoms with Crippen molar-refractivity contribution in [3.05, 3.63) is 0 Å². The van der Waals surface area contributed by atoms with E-state index in [0.717, 1.165) is 0 Å². The van der Waals surface area contributed by atoms with Crippen LogP contribution in [0.3, 0.4) is 0 Å². The summed E-state index contributed by atoms with van der Waals surface area (Å²) < 4.78 is 0. The summed E-state index contributed by atoms with van der Waals surface area (Å²) in [5, 5.41) is 0. The van der Waals surface area contributed by atoms with Crippen molar-refractivity contribution in [2.75, 3.05) is 0 Å². The summed E-state index contributed by atoms with van der Waals surface area (Å²) in [5.74, 6) is 0. The Morgan fingerprint density at radius 3 is 0.625 bits per heavy atom. The molecule has 0 rings (SSSR count). The minimum absolute atomic E-state index is 0. The molecule has 0 spiro atoms. The average Bonchev–Trinajstić information content (AvgIpc) is 0.811. The fourth-order valence-corrected chi connectivity index (χ4v) is 0. The van der Waals surface area contributed by atoms with Crippen molar-refractivity contribution in [1.82, 2.24) is 0 Å². The zero-order valence-electron chi connectivity index (χ0n) is 3.49. The number of rotatable bonds is 0. The molecule has 8 heavy (non-hydrogen) atoms. The van der Waals surface area contributed by atoms with Crippen LogP contribution in [0.2, 0.25) is 0 Å². The van der Waals surface area contributed by atoms with Gasteiger partial charge in [0.25, 0.3) is 0 Å². The summed E-state index contributed by atoms with van der Waals surface area (Å²) in [6.45, 7) is 0. The van der Waals surface area contributed by atoms with Crippen LogP contribution < -0.4 is 0 Å². The third-order valence-corrected chi connectivity index (χ3v) is 0. The van der Waals surface area contributed by atoms with Crippen LogP contribution in [0.4, 0.5) is 0 Å². The van der Waals surface area contributed by atoms with Crippen molar-refractivity contribution >= 4 is 42.3 Å². The van der Waals surface area contributed by atoms with Gasteiger partial charge in [-0.3, -0.25) is 0 Å². The fourth-order valence-electron chi connectivity index (χ4n) is 0. The van der Waals surface area contributed by atoms with Gasteiger partial charge in [-0.2, -0.15) is 0 Å². The van der Waals surface area contributed by atoms with Gasteiger partial charge >= 0.3 is 50.8 Å². The maximum atomic E-state index is 3.19. The van der Waals surface area contributed by atoms with E-state index in [9.17, 15) is 0 Å². The molecule has 4 nitrogen and oxygen atoms in total. The molecule has 8 heteroatoms. The molecule has 0 radical (unpaired) electrons. The topological polar surface area (TPSA) is 126 Å². The van der Waals surface area contributed by atoms with Crippen molar-refractivity contribution in [1.29, 1.82) is 0 Å². The monoisotopic (exact) mass is 365 g/mol. The molecule has 0 atom stereocenters. The van der Waals surface area contributed by atoms with Crippen LogP contribution >= 0.6 is 42.3 Å². The van der Waals surface area contributed by atoms with Crippen molar-refractivity contribution in [2.24, 2.45) is 0 Å². The fraction of sp³-hybridized carbons (Fsp3) is 0. The van der Waals surface area contributed by atoms with Gasteiger partial charge in [0.1, 0.15) is 0 Å². The van der Waals surface area contributed by atoms with Crippen LogP contribution in [0, 0.1) is 0 Å². The number of hydrogen-bond acceptors (Lipinski definition) is 0. The molecule has 0 fully saturated rings. The molecule has 0 aromatic heterocycles. The Hall–Kier alpha value is 1.80. The minimum atomic E-state index is -0.312. The zero-order valence-corrected chi connectivity index (χ0v) is 9.35.